The van der Waals surface area contributed by atoms with E-state index in [4.69, 9.17) is 12.2 Å². The number of hydrogen-bond acceptors (Lipinski definition) is 2. The van der Waals surface area contributed by atoms with Gasteiger partial charge >= 0.3 is 0 Å². The van der Waals surface area contributed by atoms with Crippen LogP contribution < -0.4 is 5.32 Å². The number of carbonyl (C=O) groups is 1. The molecule has 0 amide bonds. The van der Waals surface area contributed by atoms with Crippen molar-refractivity contribution in [2.75, 3.05) is 5.32 Å². The van der Waals surface area contributed by atoms with Crippen molar-refractivity contribution in [1.29, 1.82) is 0 Å². The molecular formula is C30H49NOS. The number of anilines is 1. The lowest BCUT2D eigenvalue weighted by Gasteiger charge is -2.12. The summed E-state index contributed by atoms with van der Waals surface area (Å²) in [6, 6.07) is 5.96. The Balaban J connectivity index is 1.34. The number of thiocarbonyl (C=S) groups is 1. The van der Waals surface area contributed by atoms with Crippen molar-refractivity contribution >= 4 is 28.7 Å². The fourth-order valence-corrected chi connectivity index (χ4v) is 5.26. The van der Waals surface area contributed by atoms with Gasteiger partial charge in [0, 0.05) is 17.7 Å². The van der Waals surface area contributed by atoms with E-state index in [0.717, 1.165) is 34.6 Å². The van der Waals surface area contributed by atoms with Gasteiger partial charge < -0.3 is 5.32 Å². The second-order valence-corrected chi connectivity index (χ2v) is 10.6. The Kier molecular flexibility index (Phi) is 15.4. The Morgan fingerprint density at radius 3 is 1.73 bits per heavy atom. The number of carbonyl (C=O) groups excluding carboxylic acids is 1. The molecule has 0 fully saturated rings. The molecule has 1 aromatic carbocycles. The van der Waals surface area contributed by atoms with Crippen molar-refractivity contribution in [3.05, 3.63) is 29.3 Å². The number of hydrogen-bond donors (Lipinski definition) is 1. The normalized spacial score (nSPS) is 12.8. The van der Waals surface area contributed by atoms with Gasteiger partial charge in [0.25, 0.3) is 0 Å². The minimum atomic E-state index is 0.267. The number of Topliss-reactive ketones (excluding diaryl/α,β-unsaturated/α-hetero) is 1. The van der Waals surface area contributed by atoms with E-state index in [1.54, 1.807) is 0 Å². The SMILES string of the molecule is CCCCCCCCCCCCCCCCCCCCC(=S)Nc1cccc2c1CCC2=O. The predicted molar refractivity (Wildman–Crippen MR) is 149 cm³/mol. The van der Waals surface area contributed by atoms with Gasteiger partial charge in [-0.05, 0) is 30.9 Å². The molecule has 2 nitrogen and oxygen atoms in total. The highest BCUT2D eigenvalue weighted by molar-refractivity contribution is 7.80. The maximum absolute atomic E-state index is 11.9. The Bertz CT molecular complexity index is 684. The van der Waals surface area contributed by atoms with E-state index in [0.29, 0.717) is 6.42 Å². The van der Waals surface area contributed by atoms with Crippen LogP contribution in [0.4, 0.5) is 5.69 Å². The predicted octanol–water partition coefficient (Wildman–Crippen LogP) is 9.99. The first-order valence-electron chi connectivity index (χ1n) is 14.2. The first-order chi connectivity index (χ1) is 16.2. The minimum absolute atomic E-state index is 0.267. The van der Waals surface area contributed by atoms with E-state index in [9.17, 15) is 4.79 Å². The van der Waals surface area contributed by atoms with Crippen LogP contribution in [-0.2, 0) is 6.42 Å². The quantitative estimate of drug-likeness (QED) is 0.151. The third-order valence-corrected chi connectivity index (χ3v) is 7.42. The largest absolute Gasteiger partial charge is 0.350 e. The van der Waals surface area contributed by atoms with Crippen molar-refractivity contribution < 1.29 is 4.79 Å². The van der Waals surface area contributed by atoms with E-state index in [1.807, 2.05) is 12.1 Å². The highest BCUT2D eigenvalue weighted by atomic mass is 32.1. The van der Waals surface area contributed by atoms with E-state index < -0.39 is 0 Å². The molecule has 0 atom stereocenters. The maximum Gasteiger partial charge on any atom is 0.163 e. The average molecular weight is 472 g/mol. The molecule has 33 heavy (non-hydrogen) atoms. The zero-order valence-corrected chi connectivity index (χ0v) is 22.2. The highest BCUT2D eigenvalue weighted by Crippen LogP contribution is 2.29. The van der Waals surface area contributed by atoms with Gasteiger partial charge in [0.1, 0.15) is 0 Å². The summed E-state index contributed by atoms with van der Waals surface area (Å²) in [5, 5.41) is 3.40. The molecule has 0 saturated carbocycles. The molecule has 1 aromatic rings. The molecule has 0 unspecified atom stereocenters. The number of fused-ring (bicyclic) bond motifs is 1. The van der Waals surface area contributed by atoms with Crippen molar-refractivity contribution in [3.63, 3.8) is 0 Å². The summed E-state index contributed by atoms with van der Waals surface area (Å²) in [7, 11) is 0. The number of ketones is 1. The van der Waals surface area contributed by atoms with Gasteiger partial charge in [0.2, 0.25) is 0 Å². The van der Waals surface area contributed by atoms with Gasteiger partial charge in [-0.3, -0.25) is 4.79 Å². The Morgan fingerprint density at radius 1 is 0.727 bits per heavy atom. The number of nitrogens with one attached hydrogen (secondary N) is 1. The molecule has 1 aliphatic carbocycles. The summed E-state index contributed by atoms with van der Waals surface area (Å²) in [6.45, 7) is 2.29. The third-order valence-electron chi connectivity index (χ3n) is 7.11. The molecule has 0 aliphatic heterocycles. The summed E-state index contributed by atoms with van der Waals surface area (Å²) >= 11 is 5.56. The summed E-state index contributed by atoms with van der Waals surface area (Å²) < 4.78 is 0. The van der Waals surface area contributed by atoms with Crippen molar-refractivity contribution in [2.24, 2.45) is 0 Å². The summed E-state index contributed by atoms with van der Waals surface area (Å²) in [4.78, 5) is 12.8. The molecule has 186 valence electrons. The van der Waals surface area contributed by atoms with E-state index in [2.05, 4.69) is 18.3 Å². The molecule has 1 N–H and O–H groups in total. The van der Waals surface area contributed by atoms with Crippen LogP contribution in [0, 0.1) is 0 Å². The lowest BCUT2D eigenvalue weighted by atomic mass is 10.0. The standard InChI is InChI=1S/C30H49NOS/c1-2-3-4-5-6-7-8-9-10-11-12-13-14-15-16-17-18-19-23-30(33)31-28-22-20-21-27-26(28)24-25-29(27)32/h20-22H,2-19,23-25H2,1H3,(H,31,33). The van der Waals surface area contributed by atoms with Gasteiger partial charge in [0.05, 0.1) is 4.99 Å². The molecule has 0 bridgehead atoms. The number of unbranched alkanes of at least 4 members (excludes halogenated alkanes) is 17. The van der Waals surface area contributed by atoms with Crippen LogP contribution in [0.25, 0.3) is 0 Å². The molecule has 0 aromatic heterocycles. The number of benzene rings is 1. The lowest BCUT2D eigenvalue weighted by molar-refractivity contribution is 0.0994. The second kappa shape index (κ2) is 18.2. The van der Waals surface area contributed by atoms with Gasteiger partial charge in [0.15, 0.2) is 5.78 Å². The van der Waals surface area contributed by atoms with E-state index in [-0.39, 0.29) is 5.78 Å². The number of rotatable bonds is 20. The van der Waals surface area contributed by atoms with E-state index >= 15 is 0 Å². The van der Waals surface area contributed by atoms with Crippen molar-refractivity contribution in [3.8, 4) is 0 Å². The first kappa shape index (κ1) is 28.0. The van der Waals surface area contributed by atoms with Crippen LogP contribution in [0.5, 0.6) is 0 Å². The van der Waals surface area contributed by atoms with Crippen LogP contribution in [0.15, 0.2) is 18.2 Å². The molecule has 0 saturated heterocycles. The summed E-state index contributed by atoms with van der Waals surface area (Å²) in [5.41, 5.74) is 3.09. The third kappa shape index (κ3) is 12.2. The lowest BCUT2D eigenvalue weighted by Crippen LogP contribution is -2.10. The Morgan fingerprint density at radius 2 is 1.21 bits per heavy atom. The van der Waals surface area contributed by atoms with E-state index in [1.165, 1.54) is 116 Å². The second-order valence-electron chi connectivity index (χ2n) is 10.1. The van der Waals surface area contributed by atoms with Crippen LogP contribution in [0.1, 0.15) is 151 Å². The average Bonchev–Trinajstić information content (AvgIpc) is 3.20. The summed E-state index contributed by atoms with van der Waals surface area (Å²) in [6.07, 6.45) is 27.6. The molecule has 0 heterocycles. The van der Waals surface area contributed by atoms with Gasteiger partial charge in [-0.15, -0.1) is 0 Å². The van der Waals surface area contributed by atoms with Gasteiger partial charge in [-0.2, -0.15) is 0 Å². The van der Waals surface area contributed by atoms with Crippen LogP contribution in [0.3, 0.4) is 0 Å². The van der Waals surface area contributed by atoms with Crippen LogP contribution in [0.2, 0.25) is 0 Å². The zero-order chi connectivity index (χ0) is 23.6. The maximum atomic E-state index is 11.9. The molecular weight excluding hydrogens is 422 g/mol. The topological polar surface area (TPSA) is 29.1 Å². The molecule has 1 aliphatic rings. The van der Waals surface area contributed by atoms with Crippen molar-refractivity contribution in [1.82, 2.24) is 0 Å². The van der Waals surface area contributed by atoms with Crippen molar-refractivity contribution in [2.45, 2.75) is 142 Å². The Labute approximate surface area is 209 Å². The Hall–Kier alpha value is -1.22. The van der Waals surface area contributed by atoms with Gasteiger partial charge in [-0.25, -0.2) is 0 Å². The highest BCUT2D eigenvalue weighted by Gasteiger charge is 2.21. The monoisotopic (exact) mass is 471 g/mol. The minimum Gasteiger partial charge on any atom is -0.350 e. The summed E-state index contributed by atoms with van der Waals surface area (Å²) in [5.74, 6) is 0.267. The van der Waals surface area contributed by atoms with Gasteiger partial charge in [-0.1, -0.05) is 140 Å². The fourth-order valence-electron chi connectivity index (χ4n) is 5.01. The smallest absolute Gasteiger partial charge is 0.163 e. The van der Waals surface area contributed by atoms with Crippen LogP contribution in [-0.4, -0.2) is 10.8 Å². The molecule has 3 heteroatoms. The molecule has 0 spiro atoms. The molecule has 2 rings (SSSR count). The zero-order valence-electron chi connectivity index (χ0n) is 21.4. The fraction of sp³-hybridized carbons (Fsp3) is 0.733. The first-order valence-corrected chi connectivity index (χ1v) is 14.6. The van der Waals surface area contributed by atoms with Crippen LogP contribution >= 0.6 is 12.2 Å². The molecule has 0 radical (unpaired) electrons.